The van der Waals surface area contributed by atoms with Crippen LogP contribution in [0.25, 0.3) is 0 Å². The SMILES string of the molecule is CC(C)(C)NCCNC(=O)C1CCCN1. The van der Waals surface area contributed by atoms with Crippen LogP contribution in [0.4, 0.5) is 0 Å². The highest BCUT2D eigenvalue weighted by Crippen LogP contribution is 2.04. The average Bonchev–Trinajstić information content (AvgIpc) is 2.63. The van der Waals surface area contributed by atoms with Crippen molar-refractivity contribution in [2.75, 3.05) is 19.6 Å². The minimum absolute atomic E-state index is 0.0413. The maximum absolute atomic E-state index is 11.6. The second kappa shape index (κ2) is 5.47. The Morgan fingerprint density at radius 3 is 2.67 bits per heavy atom. The third kappa shape index (κ3) is 5.14. The molecule has 1 amide bonds. The van der Waals surface area contributed by atoms with Crippen LogP contribution >= 0.6 is 0 Å². The molecule has 1 saturated heterocycles. The Kier molecular flexibility index (Phi) is 4.54. The number of hydrogen-bond acceptors (Lipinski definition) is 3. The molecule has 0 radical (unpaired) electrons. The first kappa shape index (κ1) is 12.5. The van der Waals surface area contributed by atoms with Crippen LogP contribution in [0.3, 0.4) is 0 Å². The van der Waals surface area contributed by atoms with Gasteiger partial charge in [0.05, 0.1) is 6.04 Å². The topological polar surface area (TPSA) is 53.2 Å². The fourth-order valence-electron chi connectivity index (χ4n) is 1.65. The molecule has 0 aromatic carbocycles. The van der Waals surface area contributed by atoms with Crippen LogP contribution in [0.5, 0.6) is 0 Å². The third-order valence-electron chi connectivity index (χ3n) is 2.46. The Balaban J connectivity index is 2.07. The van der Waals surface area contributed by atoms with E-state index >= 15 is 0 Å². The normalized spacial score (nSPS) is 21.7. The molecule has 0 aliphatic carbocycles. The molecule has 1 fully saturated rings. The molecule has 1 unspecified atom stereocenters. The highest BCUT2D eigenvalue weighted by Gasteiger charge is 2.21. The molecule has 4 nitrogen and oxygen atoms in total. The van der Waals surface area contributed by atoms with Crippen molar-refractivity contribution in [3.05, 3.63) is 0 Å². The summed E-state index contributed by atoms with van der Waals surface area (Å²) in [5, 5.41) is 9.45. The number of nitrogens with one attached hydrogen (secondary N) is 3. The third-order valence-corrected chi connectivity index (χ3v) is 2.46. The molecular formula is C11H23N3O. The fourth-order valence-corrected chi connectivity index (χ4v) is 1.65. The van der Waals surface area contributed by atoms with Gasteiger partial charge in [0, 0.05) is 18.6 Å². The summed E-state index contributed by atoms with van der Waals surface area (Å²) in [6.07, 6.45) is 2.08. The van der Waals surface area contributed by atoms with Crippen LogP contribution in [-0.2, 0) is 4.79 Å². The zero-order valence-electron chi connectivity index (χ0n) is 10.0. The molecule has 1 atom stereocenters. The first-order chi connectivity index (χ1) is 6.99. The predicted octanol–water partition coefficient (Wildman–Crippen LogP) is 0.243. The summed E-state index contributed by atoms with van der Waals surface area (Å²) in [7, 11) is 0. The molecule has 1 heterocycles. The van der Waals surface area contributed by atoms with Gasteiger partial charge in [-0.25, -0.2) is 0 Å². The molecule has 0 aromatic rings. The zero-order chi connectivity index (χ0) is 11.3. The number of amides is 1. The van der Waals surface area contributed by atoms with Crippen molar-refractivity contribution in [3.8, 4) is 0 Å². The van der Waals surface area contributed by atoms with Gasteiger partial charge in [-0.15, -0.1) is 0 Å². The lowest BCUT2D eigenvalue weighted by atomic mass is 10.1. The quantitative estimate of drug-likeness (QED) is 0.587. The van der Waals surface area contributed by atoms with Gasteiger partial charge in [0.1, 0.15) is 0 Å². The summed E-state index contributed by atoms with van der Waals surface area (Å²) in [6.45, 7) is 8.85. The van der Waals surface area contributed by atoms with E-state index in [1.54, 1.807) is 0 Å². The first-order valence-corrected chi connectivity index (χ1v) is 5.75. The molecule has 0 saturated carbocycles. The van der Waals surface area contributed by atoms with E-state index in [4.69, 9.17) is 0 Å². The lowest BCUT2D eigenvalue weighted by Crippen LogP contribution is -2.45. The molecule has 1 aliphatic heterocycles. The summed E-state index contributed by atoms with van der Waals surface area (Å²) >= 11 is 0. The van der Waals surface area contributed by atoms with Crippen LogP contribution in [-0.4, -0.2) is 37.1 Å². The average molecular weight is 213 g/mol. The Labute approximate surface area is 92.2 Å². The molecule has 0 aromatic heterocycles. The first-order valence-electron chi connectivity index (χ1n) is 5.75. The smallest absolute Gasteiger partial charge is 0.237 e. The van der Waals surface area contributed by atoms with Crippen molar-refractivity contribution in [1.29, 1.82) is 0 Å². The van der Waals surface area contributed by atoms with Crippen molar-refractivity contribution in [2.24, 2.45) is 0 Å². The Hall–Kier alpha value is -0.610. The highest BCUT2D eigenvalue weighted by atomic mass is 16.2. The van der Waals surface area contributed by atoms with Crippen molar-refractivity contribution >= 4 is 5.91 Å². The molecule has 1 rings (SSSR count). The van der Waals surface area contributed by atoms with E-state index in [0.29, 0.717) is 6.54 Å². The van der Waals surface area contributed by atoms with Crippen LogP contribution in [0.15, 0.2) is 0 Å². The lowest BCUT2D eigenvalue weighted by Gasteiger charge is -2.21. The molecule has 15 heavy (non-hydrogen) atoms. The summed E-state index contributed by atoms with van der Waals surface area (Å²) in [4.78, 5) is 11.6. The van der Waals surface area contributed by atoms with E-state index < -0.39 is 0 Å². The maximum atomic E-state index is 11.6. The van der Waals surface area contributed by atoms with Gasteiger partial charge in [-0.1, -0.05) is 0 Å². The van der Waals surface area contributed by atoms with Gasteiger partial charge in [0.15, 0.2) is 0 Å². The van der Waals surface area contributed by atoms with E-state index in [9.17, 15) is 4.79 Å². The van der Waals surface area contributed by atoms with Crippen LogP contribution < -0.4 is 16.0 Å². The largest absolute Gasteiger partial charge is 0.353 e. The van der Waals surface area contributed by atoms with E-state index in [-0.39, 0.29) is 17.5 Å². The summed E-state index contributed by atoms with van der Waals surface area (Å²) in [5.41, 5.74) is 0.121. The Morgan fingerprint density at radius 1 is 1.40 bits per heavy atom. The van der Waals surface area contributed by atoms with Gasteiger partial charge in [-0.3, -0.25) is 4.79 Å². The van der Waals surface area contributed by atoms with E-state index in [0.717, 1.165) is 25.9 Å². The van der Waals surface area contributed by atoms with Crippen LogP contribution in [0.1, 0.15) is 33.6 Å². The van der Waals surface area contributed by atoms with Gasteiger partial charge in [0.2, 0.25) is 5.91 Å². The van der Waals surface area contributed by atoms with E-state index in [2.05, 4.69) is 36.7 Å². The molecular weight excluding hydrogens is 190 g/mol. The molecule has 4 heteroatoms. The van der Waals surface area contributed by atoms with Gasteiger partial charge in [0.25, 0.3) is 0 Å². The minimum atomic E-state index is 0.0413. The molecule has 1 aliphatic rings. The minimum Gasteiger partial charge on any atom is -0.353 e. The lowest BCUT2D eigenvalue weighted by molar-refractivity contribution is -0.122. The predicted molar refractivity (Wildman–Crippen MR) is 61.8 cm³/mol. The monoisotopic (exact) mass is 213 g/mol. The maximum Gasteiger partial charge on any atom is 0.237 e. The standard InChI is InChI=1S/C11H23N3O/c1-11(2,3)14-8-7-13-10(15)9-5-4-6-12-9/h9,12,14H,4-8H2,1-3H3,(H,13,15). The van der Waals surface area contributed by atoms with Crippen molar-refractivity contribution < 1.29 is 4.79 Å². The van der Waals surface area contributed by atoms with E-state index in [1.807, 2.05) is 0 Å². The second-order valence-electron chi connectivity index (χ2n) is 5.12. The van der Waals surface area contributed by atoms with Gasteiger partial charge >= 0.3 is 0 Å². The molecule has 88 valence electrons. The van der Waals surface area contributed by atoms with Crippen molar-refractivity contribution in [3.63, 3.8) is 0 Å². The molecule has 3 N–H and O–H groups in total. The summed E-state index contributed by atoms with van der Waals surface area (Å²) in [6, 6.07) is 0.0413. The van der Waals surface area contributed by atoms with E-state index in [1.165, 1.54) is 0 Å². The highest BCUT2D eigenvalue weighted by molar-refractivity contribution is 5.81. The second-order valence-corrected chi connectivity index (χ2v) is 5.12. The molecule has 0 bridgehead atoms. The van der Waals surface area contributed by atoms with Gasteiger partial charge in [-0.2, -0.15) is 0 Å². The van der Waals surface area contributed by atoms with Gasteiger partial charge in [-0.05, 0) is 40.2 Å². The number of carbonyl (C=O) groups excluding carboxylic acids is 1. The number of rotatable bonds is 4. The summed E-state index contributed by atoms with van der Waals surface area (Å²) < 4.78 is 0. The van der Waals surface area contributed by atoms with Crippen molar-refractivity contribution in [1.82, 2.24) is 16.0 Å². The Bertz CT molecular complexity index is 204. The molecule has 0 spiro atoms. The number of carbonyl (C=O) groups is 1. The summed E-state index contributed by atoms with van der Waals surface area (Å²) in [5.74, 6) is 0.142. The number of hydrogen-bond donors (Lipinski definition) is 3. The van der Waals surface area contributed by atoms with Crippen molar-refractivity contribution in [2.45, 2.75) is 45.2 Å². The van der Waals surface area contributed by atoms with Crippen LogP contribution in [0.2, 0.25) is 0 Å². The Morgan fingerprint density at radius 2 is 2.13 bits per heavy atom. The fraction of sp³-hybridized carbons (Fsp3) is 0.909. The van der Waals surface area contributed by atoms with Gasteiger partial charge < -0.3 is 16.0 Å². The van der Waals surface area contributed by atoms with Crippen LogP contribution in [0, 0.1) is 0 Å². The zero-order valence-corrected chi connectivity index (χ0v) is 10.0.